The molecule has 2 aromatic carbocycles. The van der Waals surface area contributed by atoms with Gasteiger partial charge in [-0.2, -0.15) is 0 Å². The Kier molecular flexibility index (Phi) is 5.35. The first-order chi connectivity index (χ1) is 10.0. The van der Waals surface area contributed by atoms with E-state index in [1.807, 2.05) is 6.07 Å². The molecule has 112 valence electrons. The van der Waals surface area contributed by atoms with Crippen molar-refractivity contribution in [2.24, 2.45) is 0 Å². The Hall–Kier alpha value is -1.41. The molecule has 21 heavy (non-hydrogen) atoms. The van der Waals surface area contributed by atoms with Crippen molar-refractivity contribution in [2.45, 2.75) is 38.5 Å². The van der Waals surface area contributed by atoms with Crippen LogP contribution >= 0.6 is 11.6 Å². The summed E-state index contributed by atoms with van der Waals surface area (Å²) in [5.74, 6) is -1.11. The van der Waals surface area contributed by atoms with E-state index in [2.05, 4.69) is 26.0 Å². The van der Waals surface area contributed by atoms with Gasteiger partial charge in [0, 0.05) is 6.07 Å². The zero-order chi connectivity index (χ0) is 15.4. The van der Waals surface area contributed by atoms with E-state index in [9.17, 15) is 8.78 Å². The van der Waals surface area contributed by atoms with Gasteiger partial charge < -0.3 is 0 Å². The van der Waals surface area contributed by atoms with Crippen LogP contribution in [0.15, 0.2) is 36.4 Å². The van der Waals surface area contributed by atoms with Crippen molar-refractivity contribution in [3.8, 4) is 0 Å². The fraction of sp³-hybridized carbons (Fsp3) is 0.333. The predicted molar refractivity (Wildman–Crippen MR) is 83.9 cm³/mol. The molecule has 0 saturated carbocycles. The molecule has 1 unspecified atom stereocenters. The number of benzene rings is 2. The minimum Gasteiger partial charge on any atom is -0.207 e. The summed E-state index contributed by atoms with van der Waals surface area (Å²) in [4.78, 5) is 0. The lowest BCUT2D eigenvalue weighted by atomic mass is 9.96. The molecule has 0 spiro atoms. The fourth-order valence-corrected chi connectivity index (χ4v) is 2.81. The Bertz CT molecular complexity index is 623. The van der Waals surface area contributed by atoms with Gasteiger partial charge in [0.15, 0.2) is 0 Å². The highest BCUT2D eigenvalue weighted by Gasteiger charge is 2.14. The molecule has 0 aromatic heterocycles. The van der Waals surface area contributed by atoms with E-state index < -0.39 is 11.6 Å². The summed E-state index contributed by atoms with van der Waals surface area (Å²) >= 11 is 6.42. The van der Waals surface area contributed by atoms with E-state index in [4.69, 9.17) is 11.6 Å². The molecule has 1 atom stereocenters. The second kappa shape index (κ2) is 7.04. The first-order valence-electron chi connectivity index (χ1n) is 7.24. The summed E-state index contributed by atoms with van der Waals surface area (Å²) in [5, 5.41) is -0.318. The lowest BCUT2D eigenvalue weighted by Crippen LogP contribution is -2.01. The van der Waals surface area contributed by atoms with Crippen LogP contribution in [0.3, 0.4) is 0 Å². The van der Waals surface area contributed by atoms with Crippen LogP contribution in [0.1, 0.15) is 41.5 Å². The number of aryl methyl sites for hydroxylation is 2. The molecule has 0 heterocycles. The zero-order valence-electron chi connectivity index (χ0n) is 12.3. The van der Waals surface area contributed by atoms with Gasteiger partial charge in [-0.15, -0.1) is 11.6 Å². The van der Waals surface area contributed by atoms with E-state index in [1.54, 1.807) is 0 Å². The molecular weight excluding hydrogens is 290 g/mol. The van der Waals surface area contributed by atoms with Gasteiger partial charge in [0.2, 0.25) is 0 Å². The normalized spacial score (nSPS) is 12.4. The molecule has 2 aromatic rings. The summed E-state index contributed by atoms with van der Waals surface area (Å²) in [7, 11) is 0. The molecule has 0 saturated heterocycles. The largest absolute Gasteiger partial charge is 0.207 e. The molecule has 0 bridgehead atoms. The molecule has 3 heteroatoms. The molecule has 0 N–H and O–H groups in total. The number of halogens is 3. The average Bonchev–Trinajstić information content (AvgIpc) is 2.49. The Morgan fingerprint density at radius 1 is 0.905 bits per heavy atom. The van der Waals surface area contributed by atoms with Crippen LogP contribution in [0.25, 0.3) is 0 Å². The van der Waals surface area contributed by atoms with Crippen molar-refractivity contribution < 1.29 is 8.78 Å². The van der Waals surface area contributed by atoms with Gasteiger partial charge in [0.1, 0.15) is 11.6 Å². The molecule has 2 rings (SSSR count). The predicted octanol–water partition coefficient (Wildman–Crippen LogP) is 5.61. The van der Waals surface area contributed by atoms with E-state index in [-0.39, 0.29) is 5.38 Å². The third-order valence-corrected chi connectivity index (χ3v) is 4.17. The highest BCUT2D eigenvalue weighted by molar-refractivity contribution is 6.20. The van der Waals surface area contributed by atoms with Crippen molar-refractivity contribution in [3.63, 3.8) is 0 Å². The van der Waals surface area contributed by atoms with Crippen LogP contribution in [-0.2, 0) is 19.3 Å². The van der Waals surface area contributed by atoms with Crippen LogP contribution < -0.4 is 0 Å². The van der Waals surface area contributed by atoms with Crippen molar-refractivity contribution in [2.75, 3.05) is 0 Å². The minimum absolute atomic E-state index is 0.318. The van der Waals surface area contributed by atoms with Gasteiger partial charge in [0.25, 0.3) is 0 Å². The second-order valence-electron chi connectivity index (χ2n) is 5.14. The van der Waals surface area contributed by atoms with E-state index in [1.165, 1.54) is 23.3 Å². The number of hydrogen-bond donors (Lipinski definition) is 0. The number of rotatable bonds is 5. The molecular formula is C18H19ClF2. The topological polar surface area (TPSA) is 0 Å². The maximum absolute atomic E-state index is 13.7. The molecule has 0 aliphatic rings. The van der Waals surface area contributed by atoms with E-state index in [0.717, 1.165) is 24.5 Å². The standard InChI is InChI=1S/C18H19ClF2/c1-3-12-5-6-14(9-13(12)4-2)17(19)10-15-7-8-16(20)11-18(15)21/h5-9,11,17H,3-4,10H2,1-2H3. The third kappa shape index (κ3) is 3.82. The summed E-state index contributed by atoms with van der Waals surface area (Å²) in [6.07, 6.45) is 2.29. The zero-order valence-corrected chi connectivity index (χ0v) is 13.1. The highest BCUT2D eigenvalue weighted by Crippen LogP contribution is 2.28. The summed E-state index contributed by atoms with van der Waals surface area (Å²) in [6.45, 7) is 4.24. The highest BCUT2D eigenvalue weighted by atomic mass is 35.5. The minimum atomic E-state index is -0.567. The lowest BCUT2D eigenvalue weighted by Gasteiger charge is -2.14. The second-order valence-corrected chi connectivity index (χ2v) is 5.67. The summed E-state index contributed by atoms with van der Waals surface area (Å²) < 4.78 is 26.6. The van der Waals surface area contributed by atoms with Gasteiger partial charge in [-0.3, -0.25) is 0 Å². The first kappa shape index (κ1) is 16.0. The molecule has 0 aliphatic heterocycles. The first-order valence-corrected chi connectivity index (χ1v) is 7.68. The van der Waals surface area contributed by atoms with Crippen molar-refractivity contribution >= 4 is 11.6 Å². The maximum Gasteiger partial charge on any atom is 0.129 e. The SMILES string of the molecule is CCc1ccc(C(Cl)Cc2ccc(F)cc2F)cc1CC. The third-order valence-electron chi connectivity index (χ3n) is 3.77. The van der Waals surface area contributed by atoms with Gasteiger partial charge in [0.05, 0.1) is 5.38 Å². The van der Waals surface area contributed by atoms with Gasteiger partial charge in [-0.1, -0.05) is 38.1 Å². The Morgan fingerprint density at radius 2 is 1.57 bits per heavy atom. The molecule has 0 aliphatic carbocycles. The number of alkyl halides is 1. The van der Waals surface area contributed by atoms with Gasteiger partial charge in [-0.25, -0.2) is 8.78 Å². The Morgan fingerprint density at radius 3 is 2.19 bits per heavy atom. The Labute approximate surface area is 129 Å². The molecule has 0 amide bonds. The summed E-state index contributed by atoms with van der Waals surface area (Å²) in [6, 6.07) is 9.80. The van der Waals surface area contributed by atoms with Crippen LogP contribution in [0.4, 0.5) is 8.78 Å². The van der Waals surface area contributed by atoms with E-state index in [0.29, 0.717) is 12.0 Å². The molecule has 0 nitrogen and oxygen atoms in total. The fourth-order valence-electron chi connectivity index (χ4n) is 2.51. The molecule has 0 radical (unpaired) electrons. The maximum atomic E-state index is 13.7. The summed E-state index contributed by atoms with van der Waals surface area (Å²) in [5.41, 5.74) is 4.02. The lowest BCUT2D eigenvalue weighted by molar-refractivity contribution is 0.570. The average molecular weight is 309 g/mol. The van der Waals surface area contributed by atoms with Crippen LogP contribution in [0, 0.1) is 11.6 Å². The van der Waals surface area contributed by atoms with Crippen molar-refractivity contribution in [1.29, 1.82) is 0 Å². The quantitative estimate of drug-likeness (QED) is 0.630. The molecule has 0 fully saturated rings. The number of hydrogen-bond acceptors (Lipinski definition) is 0. The van der Waals surface area contributed by atoms with Gasteiger partial charge >= 0.3 is 0 Å². The van der Waals surface area contributed by atoms with E-state index >= 15 is 0 Å². The van der Waals surface area contributed by atoms with Crippen LogP contribution in [-0.4, -0.2) is 0 Å². The van der Waals surface area contributed by atoms with Crippen molar-refractivity contribution in [3.05, 3.63) is 70.3 Å². The monoisotopic (exact) mass is 308 g/mol. The van der Waals surface area contributed by atoms with Gasteiger partial charge in [-0.05, 0) is 47.6 Å². The van der Waals surface area contributed by atoms with Crippen LogP contribution in [0.5, 0.6) is 0 Å². The van der Waals surface area contributed by atoms with Crippen LogP contribution in [0.2, 0.25) is 0 Å². The smallest absolute Gasteiger partial charge is 0.129 e. The van der Waals surface area contributed by atoms with Crippen molar-refractivity contribution in [1.82, 2.24) is 0 Å². The Balaban J connectivity index is 2.21.